The Hall–Kier alpha value is -3.20. The average molecular weight is 392 g/mol. The number of carbonyl (C=O) groups excluding carboxylic acids is 2. The number of carbonyl (C=O) groups is 2. The summed E-state index contributed by atoms with van der Waals surface area (Å²) in [6, 6.07) is 5.31. The Kier molecular flexibility index (Phi) is 5.51. The van der Waals surface area contributed by atoms with Crippen LogP contribution in [0.1, 0.15) is 17.3 Å². The van der Waals surface area contributed by atoms with Gasteiger partial charge in [0.1, 0.15) is 28.0 Å². The molecule has 0 saturated carbocycles. The molecule has 0 aliphatic rings. The summed E-state index contributed by atoms with van der Waals surface area (Å²) < 4.78 is 37.0. The van der Waals surface area contributed by atoms with Crippen molar-refractivity contribution in [3.8, 4) is 11.3 Å². The van der Waals surface area contributed by atoms with Gasteiger partial charge in [0.15, 0.2) is 0 Å². The fourth-order valence-electron chi connectivity index (χ4n) is 2.32. The molecule has 0 spiro atoms. The first-order chi connectivity index (χ1) is 13.0. The maximum Gasteiger partial charge on any atom is 0.341 e. The van der Waals surface area contributed by atoms with Crippen molar-refractivity contribution in [1.29, 1.82) is 0 Å². The van der Waals surface area contributed by atoms with Gasteiger partial charge >= 0.3 is 12.0 Å². The van der Waals surface area contributed by atoms with Gasteiger partial charge in [0.05, 0.1) is 18.6 Å². The molecule has 0 fully saturated rings. The van der Waals surface area contributed by atoms with Gasteiger partial charge < -0.3 is 14.5 Å². The highest BCUT2D eigenvalue weighted by molar-refractivity contribution is 7.15. The lowest BCUT2D eigenvalue weighted by Gasteiger charge is -2.09. The smallest absolute Gasteiger partial charge is 0.341 e. The summed E-state index contributed by atoms with van der Waals surface area (Å²) in [6.45, 7) is 1.81. The summed E-state index contributed by atoms with van der Waals surface area (Å²) in [6.07, 6.45) is 1.46. The second-order valence-corrected chi connectivity index (χ2v) is 6.13. The number of urea groups is 1. The zero-order valence-electron chi connectivity index (χ0n) is 14.0. The molecule has 2 aromatic heterocycles. The van der Waals surface area contributed by atoms with Gasteiger partial charge in [-0.25, -0.2) is 18.4 Å². The van der Waals surface area contributed by atoms with E-state index in [-0.39, 0.29) is 22.9 Å². The highest BCUT2D eigenvalue weighted by atomic mass is 32.1. The van der Waals surface area contributed by atoms with Gasteiger partial charge in [0, 0.05) is 17.0 Å². The molecule has 2 heterocycles. The highest BCUT2D eigenvalue weighted by Gasteiger charge is 2.24. The van der Waals surface area contributed by atoms with Crippen LogP contribution in [-0.4, -0.2) is 18.6 Å². The first kappa shape index (κ1) is 18.6. The zero-order valence-corrected chi connectivity index (χ0v) is 14.9. The van der Waals surface area contributed by atoms with Gasteiger partial charge in [-0.1, -0.05) is 0 Å². The van der Waals surface area contributed by atoms with Crippen molar-refractivity contribution in [2.24, 2.45) is 0 Å². The SMILES string of the molecule is CCOC(=O)c1c(-c2ccco2)csc1NC(=O)Nc1ccc(F)cc1F. The van der Waals surface area contributed by atoms with Crippen LogP contribution in [0.2, 0.25) is 0 Å². The molecule has 3 rings (SSSR count). The van der Waals surface area contributed by atoms with E-state index in [1.54, 1.807) is 24.4 Å². The minimum absolute atomic E-state index is 0.131. The third kappa shape index (κ3) is 4.14. The van der Waals surface area contributed by atoms with Crippen molar-refractivity contribution < 1.29 is 27.5 Å². The van der Waals surface area contributed by atoms with Gasteiger partial charge in [-0.05, 0) is 31.2 Å². The topological polar surface area (TPSA) is 80.6 Å². The molecule has 0 aliphatic heterocycles. The van der Waals surface area contributed by atoms with Gasteiger partial charge in [-0.2, -0.15) is 0 Å². The van der Waals surface area contributed by atoms with Gasteiger partial charge in [0.25, 0.3) is 0 Å². The maximum absolute atomic E-state index is 13.7. The summed E-state index contributed by atoms with van der Waals surface area (Å²) in [4.78, 5) is 24.5. The molecular weight excluding hydrogens is 378 g/mol. The second kappa shape index (κ2) is 8.00. The van der Waals surface area contributed by atoms with Crippen molar-refractivity contribution in [3.63, 3.8) is 0 Å². The molecule has 1 aromatic carbocycles. The van der Waals surface area contributed by atoms with Crippen LogP contribution in [0.3, 0.4) is 0 Å². The average Bonchev–Trinajstić information content (AvgIpc) is 3.27. The van der Waals surface area contributed by atoms with Crippen molar-refractivity contribution >= 4 is 34.0 Å². The molecule has 27 heavy (non-hydrogen) atoms. The number of hydrogen-bond acceptors (Lipinski definition) is 5. The molecule has 0 unspecified atom stereocenters. The number of benzene rings is 1. The van der Waals surface area contributed by atoms with Crippen molar-refractivity contribution in [2.45, 2.75) is 6.92 Å². The van der Waals surface area contributed by atoms with E-state index in [2.05, 4.69) is 10.6 Å². The lowest BCUT2D eigenvalue weighted by atomic mass is 10.1. The molecule has 0 radical (unpaired) electrons. The van der Waals surface area contributed by atoms with Gasteiger partial charge in [0.2, 0.25) is 0 Å². The van der Waals surface area contributed by atoms with Crippen LogP contribution in [0.4, 0.5) is 24.3 Å². The number of rotatable bonds is 5. The lowest BCUT2D eigenvalue weighted by Crippen LogP contribution is -2.21. The standard InChI is InChI=1S/C18H14F2N2O4S/c1-2-25-17(23)15-11(14-4-3-7-26-14)9-27-16(15)22-18(24)21-13-6-5-10(19)8-12(13)20/h3-9H,2H2,1H3,(H2,21,22,24). The monoisotopic (exact) mass is 392 g/mol. The predicted octanol–water partition coefficient (Wildman–Crippen LogP) is 5.11. The Morgan fingerprint density at radius 2 is 2.04 bits per heavy atom. The third-order valence-corrected chi connectivity index (χ3v) is 4.36. The molecule has 2 N–H and O–H groups in total. The van der Waals surface area contributed by atoms with Crippen LogP contribution in [0.25, 0.3) is 11.3 Å². The lowest BCUT2D eigenvalue weighted by molar-refractivity contribution is 0.0529. The first-order valence-electron chi connectivity index (χ1n) is 7.85. The Bertz CT molecular complexity index is 970. The summed E-state index contributed by atoms with van der Waals surface area (Å²) in [7, 11) is 0. The summed E-state index contributed by atoms with van der Waals surface area (Å²) in [5, 5.41) is 6.60. The molecule has 3 aromatic rings. The van der Waals surface area contributed by atoms with Crippen LogP contribution in [-0.2, 0) is 4.74 Å². The predicted molar refractivity (Wildman–Crippen MR) is 97.0 cm³/mol. The number of thiophene rings is 1. The van der Waals surface area contributed by atoms with Crippen LogP contribution >= 0.6 is 11.3 Å². The number of ether oxygens (including phenoxy) is 1. The van der Waals surface area contributed by atoms with Crippen molar-refractivity contribution in [2.75, 3.05) is 17.2 Å². The Morgan fingerprint density at radius 1 is 1.22 bits per heavy atom. The molecule has 0 aliphatic carbocycles. The van der Waals surface area contributed by atoms with Crippen LogP contribution in [0, 0.1) is 11.6 Å². The number of anilines is 2. The fourth-order valence-corrected chi connectivity index (χ4v) is 3.25. The number of amides is 2. The zero-order chi connectivity index (χ0) is 19.4. The van der Waals surface area contributed by atoms with E-state index in [9.17, 15) is 18.4 Å². The number of nitrogens with one attached hydrogen (secondary N) is 2. The van der Waals surface area contributed by atoms with Gasteiger partial charge in [-0.3, -0.25) is 5.32 Å². The molecular formula is C18H14F2N2O4S. The van der Waals surface area contributed by atoms with Gasteiger partial charge in [-0.15, -0.1) is 11.3 Å². The molecule has 140 valence electrons. The fraction of sp³-hybridized carbons (Fsp3) is 0.111. The van der Waals surface area contributed by atoms with E-state index in [0.29, 0.717) is 17.4 Å². The Morgan fingerprint density at radius 3 is 2.70 bits per heavy atom. The van der Waals surface area contributed by atoms with Crippen molar-refractivity contribution in [3.05, 3.63) is 59.2 Å². The number of esters is 1. The van der Waals surface area contributed by atoms with Crippen LogP contribution in [0.15, 0.2) is 46.4 Å². The number of halogens is 2. The molecule has 2 amide bonds. The molecule has 0 saturated heterocycles. The maximum atomic E-state index is 13.7. The first-order valence-corrected chi connectivity index (χ1v) is 8.73. The van der Waals surface area contributed by atoms with E-state index < -0.39 is 23.6 Å². The van der Waals surface area contributed by atoms with Crippen LogP contribution in [0.5, 0.6) is 0 Å². The minimum atomic E-state index is -0.918. The quantitative estimate of drug-likeness (QED) is 0.592. The molecule has 6 nitrogen and oxygen atoms in total. The van der Waals surface area contributed by atoms with E-state index in [4.69, 9.17) is 9.15 Å². The van der Waals surface area contributed by atoms with Crippen LogP contribution < -0.4 is 10.6 Å². The summed E-state index contributed by atoms with van der Waals surface area (Å²) in [5.74, 6) is -1.87. The Labute approximate surface area is 156 Å². The normalized spacial score (nSPS) is 10.5. The highest BCUT2D eigenvalue weighted by Crippen LogP contribution is 2.36. The summed E-state index contributed by atoms with van der Waals surface area (Å²) >= 11 is 1.09. The Balaban J connectivity index is 1.85. The number of hydrogen-bond donors (Lipinski definition) is 2. The molecule has 9 heteroatoms. The van der Waals surface area contributed by atoms with E-state index in [1.165, 1.54) is 6.26 Å². The van der Waals surface area contributed by atoms with Crippen molar-refractivity contribution in [1.82, 2.24) is 0 Å². The minimum Gasteiger partial charge on any atom is -0.464 e. The molecule has 0 bridgehead atoms. The largest absolute Gasteiger partial charge is 0.464 e. The third-order valence-electron chi connectivity index (χ3n) is 3.46. The molecule has 0 atom stereocenters. The number of furan rings is 1. The van der Waals surface area contributed by atoms with E-state index in [0.717, 1.165) is 23.5 Å². The van der Waals surface area contributed by atoms with E-state index in [1.807, 2.05) is 0 Å². The summed E-state index contributed by atoms with van der Waals surface area (Å²) in [5.41, 5.74) is 0.396. The second-order valence-electron chi connectivity index (χ2n) is 5.25. The van der Waals surface area contributed by atoms with E-state index >= 15 is 0 Å².